The van der Waals surface area contributed by atoms with Crippen LogP contribution in [-0.2, 0) is 0 Å². The van der Waals surface area contributed by atoms with E-state index < -0.39 is 5.92 Å². The molecule has 2 nitrogen and oxygen atoms in total. The lowest BCUT2D eigenvalue weighted by molar-refractivity contribution is 0.0979. The van der Waals surface area contributed by atoms with Gasteiger partial charge in [-0.05, 0) is 39.7 Å². The minimum atomic E-state index is -0.788. The Bertz CT molecular complexity index is 615. The van der Waals surface area contributed by atoms with Crippen molar-refractivity contribution >= 4 is 44.7 Å². The molecule has 1 atom stereocenters. The van der Waals surface area contributed by atoms with Gasteiger partial charge < -0.3 is 0 Å². The van der Waals surface area contributed by atoms with E-state index in [0.717, 1.165) is 3.79 Å². The molecule has 0 aliphatic carbocycles. The van der Waals surface area contributed by atoms with Gasteiger partial charge in [0.25, 0.3) is 0 Å². The molecule has 0 amide bonds. The standard InChI is InChI=1S/C13H7BrClNOS/c14-12-5-9(7-18-12)13(17)11(6-16)8-1-3-10(15)4-2-8/h1-5,7,11H. The highest BCUT2D eigenvalue weighted by atomic mass is 79.9. The van der Waals surface area contributed by atoms with Gasteiger partial charge in [0.05, 0.1) is 9.86 Å². The molecular formula is C13H7BrClNOS. The summed E-state index contributed by atoms with van der Waals surface area (Å²) in [4.78, 5) is 12.2. The number of halogens is 2. The molecule has 0 spiro atoms. The number of thiophene rings is 1. The van der Waals surface area contributed by atoms with Gasteiger partial charge in [0, 0.05) is 16.0 Å². The van der Waals surface area contributed by atoms with Crippen LogP contribution in [0.2, 0.25) is 5.02 Å². The topological polar surface area (TPSA) is 40.9 Å². The monoisotopic (exact) mass is 339 g/mol. The second-order valence-corrected chi connectivity index (χ2v) is 6.34. The average molecular weight is 341 g/mol. The maximum Gasteiger partial charge on any atom is 0.185 e. The molecule has 1 heterocycles. The number of carbonyl (C=O) groups is 1. The van der Waals surface area contributed by atoms with Crippen LogP contribution < -0.4 is 0 Å². The zero-order valence-electron chi connectivity index (χ0n) is 9.06. The van der Waals surface area contributed by atoms with Crippen molar-refractivity contribution < 1.29 is 4.79 Å². The molecule has 1 unspecified atom stereocenters. The molecule has 0 aliphatic heterocycles. The minimum Gasteiger partial charge on any atom is -0.292 e. The minimum absolute atomic E-state index is 0.193. The molecule has 0 aliphatic rings. The first-order valence-corrected chi connectivity index (χ1v) is 7.10. The predicted octanol–water partition coefficient (Wildman–Crippen LogP) is 4.65. The van der Waals surface area contributed by atoms with Crippen LogP contribution in [0.25, 0.3) is 0 Å². The smallest absolute Gasteiger partial charge is 0.185 e. The van der Waals surface area contributed by atoms with E-state index >= 15 is 0 Å². The first kappa shape index (κ1) is 13.3. The summed E-state index contributed by atoms with van der Waals surface area (Å²) in [7, 11) is 0. The van der Waals surface area contributed by atoms with Crippen molar-refractivity contribution in [2.75, 3.05) is 0 Å². The maximum atomic E-state index is 12.2. The third kappa shape index (κ3) is 2.81. The van der Waals surface area contributed by atoms with E-state index in [1.54, 1.807) is 35.7 Å². The molecule has 0 saturated heterocycles. The molecule has 5 heteroatoms. The first-order chi connectivity index (χ1) is 8.61. The highest BCUT2D eigenvalue weighted by Crippen LogP contribution is 2.27. The normalized spacial score (nSPS) is 11.8. The SMILES string of the molecule is N#CC(C(=O)c1csc(Br)c1)c1ccc(Cl)cc1. The number of ketones is 1. The number of rotatable bonds is 3. The van der Waals surface area contributed by atoms with Gasteiger partial charge in [-0.3, -0.25) is 4.79 Å². The third-order valence-electron chi connectivity index (χ3n) is 2.45. The van der Waals surface area contributed by atoms with Gasteiger partial charge in [0.2, 0.25) is 0 Å². The van der Waals surface area contributed by atoms with Crippen LogP contribution in [0, 0.1) is 11.3 Å². The van der Waals surface area contributed by atoms with Crippen LogP contribution in [0.4, 0.5) is 0 Å². The number of benzene rings is 1. The lowest BCUT2D eigenvalue weighted by Crippen LogP contribution is -2.10. The molecule has 0 saturated carbocycles. The molecule has 18 heavy (non-hydrogen) atoms. The van der Waals surface area contributed by atoms with Crippen LogP contribution in [0.15, 0.2) is 39.5 Å². The van der Waals surface area contributed by atoms with Crippen molar-refractivity contribution in [1.29, 1.82) is 5.26 Å². The van der Waals surface area contributed by atoms with Crippen molar-refractivity contribution in [3.8, 4) is 6.07 Å². The van der Waals surface area contributed by atoms with Gasteiger partial charge in [0.15, 0.2) is 5.78 Å². The van der Waals surface area contributed by atoms with Crippen molar-refractivity contribution in [3.05, 3.63) is 55.6 Å². The van der Waals surface area contributed by atoms with E-state index in [0.29, 0.717) is 16.1 Å². The van der Waals surface area contributed by atoms with E-state index in [1.807, 2.05) is 6.07 Å². The van der Waals surface area contributed by atoms with Gasteiger partial charge in [-0.15, -0.1) is 11.3 Å². The van der Waals surface area contributed by atoms with Crippen LogP contribution in [0.3, 0.4) is 0 Å². The average Bonchev–Trinajstić information content (AvgIpc) is 2.79. The Morgan fingerprint density at radius 1 is 1.39 bits per heavy atom. The van der Waals surface area contributed by atoms with Crippen molar-refractivity contribution in [2.24, 2.45) is 0 Å². The van der Waals surface area contributed by atoms with Gasteiger partial charge in [0.1, 0.15) is 5.92 Å². The van der Waals surface area contributed by atoms with E-state index in [4.69, 9.17) is 11.6 Å². The lowest BCUT2D eigenvalue weighted by atomic mass is 9.93. The molecule has 0 fully saturated rings. The van der Waals surface area contributed by atoms with Crippen molar-refractivity contribution in [3.63, 3.8) is 0 Å². The summed E-state index contributed by atoms with van der Waals surface area (Å²) in [5, 5.41) is 11.5. The van der Waals surface area contributed by atoms with Crippen LogP contribution in [-0.4, -0.2) is 5.78 Å². The Morgan fingerprint density at radius 2 is 2.06 bits per heavy atom. The summed E-state index contributed by atoms with van der Waals surface area (Å²) >= 11 is 10.5. The molecular weight excluding hydrogens is 334 g/mol. The first-order valence-electron chi connectivity index (χ1n) is 5.05. The summed E-state index contributed by atoms with van der Waals surface area (Å²) in [6.07, 6.45) is 0. The van der Waals surface area contributed by atoms with E-state index in [2.05, 4.69) is 15.9 Å². The van der Waals surface area contributed by atoms with Crippen molar-refractivity contribution in [2.45, 2.75) is 5.92 Å². The second kappa shape index (κ2) is 5.66. The van der Waals surface area contributed by atoms with Gasteiger partial charge in [-0.25, -0.2) is 0 Å². The quantitative estimate of drug-likeness (QED) is 0.763. The summed E-state index contributed by atoms with van der Waals surface area (Å²) in [6, 6.07) is 10.5. The fraction of sp³-hybridized carbons (Fsp3) is 0.0769. The zero-order chi connectivity index (χ0) is 13.1. The summed E-state index contributed by atoms with van der Waals surface area (Å²) in [6.45, 7) is 0. The fourth-order valence-corrected chi connectivity index (χ4v) is 2.82. The fourth-order valence-electron chi connectivity index (χ4n) is 1.55. The summed E-state index contributed by atoms with van der Waals surface area (Å²) in [5.41, 5.74) is 1.21. The summed E-state index contributed by atoms with van der Waals surface area (Å²) in [5.74, 6) is -0.981. The number of hydrogen-bond acceptors (Lipinski definition) is 3. The Balaban J connectivity index is 2.32. The van der Waals surface area contributed by atoms with E-state index in [9.17, 15) is 10.1 Å². The zero-order valence-corrected chi connectivity index (χ0v) is 12.2. The molecule has 2 rings (SSSR count). The largest absolute Gasteiger partial charge is 0.292 e. The molecule has 90 valence electrons. The Morgan fingerprint density at radius 3 is 2.56 bits per heavy atom. The van der Waals surface area contributed by atoms with Crippen LogP contribution in [0.5, 0.6) is 0 Å². The molecule has 1 aromatic carbocycles. The van der Waals surface area contributed by atoms with E-state index in [1.165, 1.54) is 11.3 Å². The third-order valence-corrected chi connectivity index (χ3v) is 4.20. The molecule has 0 radical (unpaired) electrons. The molecule has 0 bridgehead atoms. The molecule has 2 aromatic rings. The highest BCUT2D eigenvalue weighted by molar-refractivity contribution is 9.11. The number of Topliss-reactive ketones (excluding diaryl/α,β-unsaturated/α-hetero) is 1. The molecule has 0 N–H and O–H groups in total. The summed E-state index contributed by atoms with van der Waals surface area (Å²) < 4.78 is 0.874. The second-order valence-electron chi connectivity index (χ2n) is 3.62. The molecule has 1 aromatic heterocycles. The van der Waals surface area contributed by atoms with Crippen LogP contribution in [0.1, 0.15) is 21.8 Å². The Labute approximate surface area is 122 Å². The van der Waals surface area contributed by atoms with Gasteiger partial charge >= 0.3 is 0 Å². The van der Waals surface area contributed by atoms with E-state index in [-0.39, 0.29) is 5.78 Å². The van der Waals surface area contributed by atoms with Crippen LogP contribution >= 0.6 is 38.9 Å². The van der Waals surface area contributed by atoms with Crippen molar-refractivity contribution in [1.82, 2.24) is 0 Å². The number of nitrogens with zero attached hydrogens (tertiary/aromatic N) is 1. The Kier molecular flexibility index (Phi) is 4.18. The predicted molar refractivity (Wildman–Crippen MR) is 76.2 cm³/mol. The lowest BCUT2D eigenvalue weighted by Gasteiger charge is -2.07. The highest BCUT2D eigenvalue weighted by Gasteiger charge is 2.22. The van der Waals surface area contributed by atoms with Gasteiger partial charge in [-0.1, -0.05) is 23.7 Å². The number of nitriles is 1. The van der Waals surface area contributed by atoms with Gasteiger partial charge in [-0.2, -0.15) is 5.26 Å². The maximum absolute atomic E-state index is 12.2. The number of carbonyl (C=O) groups excluding carboxylic acids is 1. The number of hydrogen-bond donors (Lipinski definition) is 0. The Hall–Kier alpha value is -1.15.